The molecular weight excluding hydrogens is 237 g/mol. The van der Waals surface area contributed by atoms with Gasteiger partial charge in [0.05, 0.1) is 24.8 Å². The quantitative estimate of drug-likeness (QED) is 0.853. The van der Waals surface area contributed by atoms with Crippen molar-refractivity contribution in [3.63, 3.8) is 0 Å². The van der Waals surface area contributed by atoms with E-state index in [4.69, 9.17) is 4.74 Å². The van der Waals surface area contributed by atoms with E-state index >= 15 is 0 Å². The van der Waals surface area contributed by atoms with Crippen LogP contribution in [0.4, 0.5) is 13.2 Å². The van der Waals surface area contributed by atoms with Gasteiger partial charge in [0.2, 0.25) is 0 Å². The molecule has 0 unspecified atom stereocenters. The fraction of sp³-hybridized carbons (Fsp3) is 0.400. The predicted molar refractivity (Wildman–Crippen MR) is 51.3 cm³/mol. The Morgan fingerprint density at radius 1 is 1.41 bits per heavy atom. The number of hydrogen-bond donors (Lipinski definition) is 1. The van der Waals surface area contributed by atoms with Gasteiger partial charge in [-0.3, -0.25) is 9.78 Å². The molecule has 0 saturated carbocycles. The van der Waals surface area contributed by atoms with Gasteiger partial charge in [0.15, 0.2) is 0 Å². The second-order valence-corrected chi connectivity index (χ2v) is 3.64. The fourth-order valence-electron chi connectivity index (χ4n) is 1.28. The highest BCUT2D eigenvalue weighted by atomic mass is 19.4. The van der Waals surface area contributed by atoms with E-state index in [2.05, 4.69) is 10.3 Å². The SMILES string of the molecule is O=C(NC1COC1)c1ccc(C(F)(F)F)nc1. The molecule has 0 aliphatic carbocycles. The smallest absolute Gasteiger partial charge is 0.377 e. The van der Waals surface area contributed by atoms with Gasteiger partial charge in [0.25, 0.3) is 5.91 Å². The monoisotopic (exact) mass is 246 g/mol. The van der Waals surface area contributed by atoms with Crippen LogP contribution in [0.25, 0.3) is 0 Å². The molecule has 0 spiro atoms. The zero-order valence-corrected chi connectivity index (χ0v) is 8.62. The van der Waals surface area contributed by atoms with Crippen molar-refractivity contribution < 1.29 is 22.7 Å². The normalized spacial score (nSPS) is 16.4. The van der Waals surface area contributed by atoms with Crippen LogP contribution < -0.4 is 5.32 Å². The molecule has 2 rings (SSSR count). The average Bonchev–Trinajstić information content (AvgIpc) is 2.22. The van der Waals surface area contributed by atoms with Gasteiger partial charge in [-0.2, -0.15) is 13.2 Å². The number of nitrogens with zero attached hydrogens (tertiary/aromatic N) is 1. The first kappa shape index (κ1) is 11.8. The lowest BCUT2D eigenvalue weighted by molar-refractivity contribution is -0.141. The van der Waals surface area contributed by atoms with Crippen LogP contribution in [0.2, 0.25) is 0 Å². The largest absolute Gasteiger partial charge is 0.433 e. The van der Waals surface area contributed by atoms with Gasteiger partial charge < -0.3 is 10.1 Å². The molecule has 17 heavy (non-hydrogen) atoms. The van der Waals surface area contributed by atoms with Crippen LogP contribution in [0.1, 0.15) is 16.1 Å². The third-order valence-electron chi connectivity index (χ3n) is 2.29. The number of aromatic nitrogens is 1. The maximum atomic E-state index is 12.2. The summed E-state index contributed by atoms with van der Waals surface area (Å²) in [6.45, 7) is 0.861. The van der Waals surface area contributed by atoms with E-state index in [0.717, 1.165) is 18.3 Å². The molecule has 0 atom stereocenters. The molecule has 1 amide bonds. The van der Waals surface area contributed by atoms with Crippen LogP contribution in [-0.2, 0) is 10.9 Å². The van der Waals surface area contributed by atoms with E-state index in [1.54, 1.807) is 0 Å². The molecular formula is C10H9F3N2O2. The van der Waals surface area contributed by atoms with Crippen molar-refractivity contribution in [2.24, 2.45) is 0 Å². The van der Waals surface area contributed by atoms with Gasteiger partial charge in [-0.25, -0.2) is 0 Å². The van der Waals surface area contributed by atoms with Gasteiger partial charge in [0, 0.05) is 6.20 Å². The molecule has 1 aliphatic rings. The number of nitrogens with one attached hydrogen (secondary N) is 1. The van der Waals surface area contributed by atoms with Crippen LogP contribution >= 0.6 is 0 Å². The molecule has 92 valence electrons. The van der Waals surface area contributed by atoms with Crippen LogP contribution in [-0.4, -0.2) is 30.1 Å². The third-order valence-corrected chi connectivity index (χ3v) is 2.29. The lowest BCUT2D eigenvalue weighted by atomic mass is 10.2. The Bertz CT molecular complexity index is 413. The highest BCUT2D eigenvalue weighted by molar-refractivity contribution is 5.94. The van der Waals surface area contributed by atoms with Crippen molar-refractivity contribution >= 4 is 5.91 Å². The standard InChI is InChI=1S/C10H9F3N2O2/c11-10(12,13)8-2-1-6(3-14-8)9(16)15-7-4-17-5-7/h1-3,7H,4-5H2,(H,15,16). The summed E-state index contributed by atoms with van der Waals surface area (Å²) >= 11 is 0. The Hall–Kier alpha value is -1.63. The molecule has 1 fully saturated rings. The predicted octanol–water partition coefficient (Wildman–Crippen LogP) is 1.23. The Labute approximate surface area is 94.8 Å². The number of pyridine rings is 1. The second kappa shape index (κ2) is 4.33. The van der Waals surface area contributed by atoms with E-state index < -0.39 is 17.8 Å². The van der Waals surface area contributed by atoms with Crippen LogP contribution in [0.15, 0.2) is 18.3 Å². The molecule has 1 aliphatic heterocycles. The van der Waals surface area contributed by atoms with Crippen LogP contribution in [0.5, 0.6) is 0 Å². The Morgan fingerprint density at radius 3 is 2.53 bits per heavy atom. The topological polar surface area (TPSA) is 51.2 Å². The van der Waals surface area contributed by atoms with Crippen molar-refractivity contribution in [2.45, 2.75) is 12.2 Å². The molecule has 0 aromatic carbocycles. The average molecular weight is 246 g/mol. The first-order valence-electron chi connectivity index (χ1n) is 4.88. The Morgan fingerprint density at radius 2 is 2.12 bits per heavy atom. The minimum absolute atomic E-state index is 0.0650. The highest BCUT2D eigenvalue weighted by Crippen LogP contribution is 2.27. The van der Waals surface area contributed by atoms with E-state index in [0.29, 0.717) is 13.2 Å². The van der Waals surface area contributed by atoms with Gasteiger partial charge in [0.1, 0.15) is 5.69 Å². The van der Waals surface area contributed by atoms with Gasteiger partial charge in [-0.1, -0.05) is 0 Å². The number of carbonyl (C=O) groups is 1. The van der Waals surface area contributed by atoms with Crippen LogP contribution in [0.3, 0.4) is 0 Å². The second-order valence-electron chi connectivity index (χ2n) is 3.64. The number of ether oxygens (including phenoxy) is 1. The summed E-state index contributed by atoms with van der Waals surface area (Å²) in [6, 6.07) is 1.82. The third kappa shape index (κ3) is 2.73. The van der Waals surface area contributed by atoms with Crippen molar-refractivity contribution in [1.82, 2.24) is 10.3 Å². The molecule has 0 bridgehead atoms. The maximum Gasteiger partial charge on any atom is 0.433 e. The number of amides is 1. The molecule has 4 nitrogen and oxygen atoms in total. The van der Waals surface area contributed by atoms with Crippen molar-refractivity contribution in [2.75, 3.05) is 13.2 Å². The lowest BCUT2D eigenvalue weighted by Crippen LogP contribution is -2.48. The van der Waals surface area contributed by atoms with Crippen LogP contribution in [0, 0.1) is 0 Å². The summed E-state index contributed by atoms with van der Waals surface area (Å²) in [5.41, 5.74) is -0.911. The van der Waals surface area contributed by atoms with Crippen molar-refractivity contribution in [1.29, 1.82) is 0 Å². The van der Waals surface area contributed by atoms with Crippen molar-refractivity contribution in [3.8, 4) is 0 Å². The summed E-state index contributed by atoms with van der Waals surface area (Å²) in [6.07, 6.45) is -3.57. The molecule has 1 aromatic rings. The van der Waals surface area contributed by atoms with Crippen molar-refractivity contribution in [3.05, 3.63) is 29.6 Å². The summed E-state index contributed by atoms with van der Waals surface area (Å²) in [5, 5.41) is 2.61. The number of carbonyl (C=O) groups excluding carboxylic acids is 1. The van der Waals surface area contributed by atoms with Gasteiger partial charge >= 0.3 is 6.18 Å². The zero-order chi connectivity index (χ0) is 12.5. The van der Waals surface area contributed by atoms with E-state index in [9.17, 15) is 18.0 Å². The number of rotatable bonds is 2. The minimum atomic E-state index is -4.49. The molecule has 1 N–H and O–H groups in total. The summed E-state index contributed by atoms with van der Waals surface area (Å²) in [5.74, 6) is -0.445. The Balaban J connectivity index is 2.04. The summed E-state index contributed by atoms with van der Waals surface area (Å²) < 4.78 is 41.5. The Kier molecular flexibility index (Phi) is 3.01. The first-order chi connectivity index (χ1) is 7.97. The summed E-state index contributed by atoms with van der Waals surface area (Å²) in [4.78, 5) is 14.7. The van der Waals surface area contributed by atoms with E-state index in [-0.39, 0.29) is 11.6 Å². The zero-order valence-electron chi connectivity index (χ0n) is 8.62. The molecule has 1 aromatic heterocycles. The molecule has 0 radical (unpaired) electrons. The number of halogens is 3. The van der Waals surface area contributed by atoms with E-state index in [1.165, 1.54) is 0 Å². The number of hydrogen-bond acceptors (Lipinski definition) is 3. The number of alkyl halides is 3. The fourth-order valence-corrected chi connectivity index (χ4v) is 1.28. The maximum absolute atomic E-state index is 12.2. The van der Waals surface area contributed by atoms with E-state index in [1.807, 2.05) is 0 Å². The molecule has 1 saturated heterocycles. The highest BCUT2D eigenvalue weighted by Gasteiger charge is 2.32. The summed E-state index contributed by atoms with van der Waals surface area (Å²) in [7, 11) is 0. The van der Waals surface area contributed by atoms with Gasteiger partial charge in [-0.15, -0.1) is 0 Å². The molecule has 7 heteroatoms. The minimum Gasteiger partial charge on any atom is -0.377 e. The first-order valence-corrected chi connectivity index (χ1v) is 4.88. The lowest BCUT2D eigenvalue weighted by Gasteiger charge is -2.26. The molecule has 2 heterocycles. The van der Waals surface area contributed by atoms with Gasteiger partial charge in [-0.05, 0) is 12.1 Å².